The minimum absolute atomic E-state index is 0.0398. The van der Waals surface area contributed by atoms with Gasteiger partial charge in [0, 0.05) is 27.8 Å². The number of rotatable bonds is 7. The van der Waals surface area contributed by atoms with Crippen LogP contribution in [0.2, 0.25) is 0 Å². The molecule has 0 spiro atoms. The molecule has 0 aliphatic carbocycles. The zero-order valence-corrected chi connectivity index (χ0v) is 16.3. The summed E-state index contributed by atoms with van der Waals surface area (Å²) >= 11 is 3.21. The Bertz CT molecular complexity index is 912. The second-order valence-corrected chi connectivity index (χ2v) is 7.85. The summed E-state index contributed by atoms with van der Waals surface area (Å²) in [5.74, 6) is 0.156. The number of benzene rings is 2. The van der Waals surface area contributed by atoms with Crippen molar-refractivity contribution < 1.29 is 9.59 Å². The number of thiazole rings is 1. The molecular weight excluding hydrogens is 362 g/mol. The van der Waals surface area contributed by atoms with Crippen LogP contribution in [0.4, 0.5) is 0 Å². The van der Waals surface area contributed by atoms with E-state index in [1.54, 1.807) is 30.8 Å². The number of carbonyl (C=O) groups is 2. The highest BCUT2D eigenvalue weighted by molar-refractivity contribution is 7.98. The van der Waals surface area contributed by atoms with E-state index in [0.29, 0.717) is 18.4 Å². The van der Waals surface area contributed by atoms with Gasteiger partial charge in [0.1, 0.15) is 10.8 Å². The fourth-order valence-corrected chi connectivity index (χ4v) is 3.83. The normalized spacial score (nSPS) is 10.7. The minimum Gasteiger partial charge on any atom is -0.300 e. The van der Waals surface area contributed by atoms with Gasteiger partial charge in [-0.1, -0.05) is 36.4 Å². The molecule has 0 saturated carbocycles. The van der Waals surface area contributed by atoms with Crippen LogP contribution in [0.15, 0.2) is 58.8 Å². The number of aromatic nitrogens is 1. The number of thioether (sulfide) groups is 1. The van der Waals surface area contributed by atoms with Crippen LogP contribution in [0.3, 0.4) is 0 Å². The van der Waals surface area contributed by atoms with E-state index in [2.05, 4.69) is 29.2 Å². The Kier molecular flexibility index (Phi) is 6.01. The van der Waals surface area contributed by atoms with Crippen molar-refractivity contribution in [1.29, 1.82) is 0 Å². The van der Waals surface area contributed by atoms with Crippen LogP contribution in [0.1, 0.15) is 27.9 Å². The van der Waals surface area contributed by atoms with Gasteiger partial charge in [-0.3, -0.25) is 9.59 Å². The van der Waals surface area contributed by atoms with Crippen LogP contribution in [0.5, 0.6) is 0 Å². The number of carbonyl (C=O) groups excluding carboxylic acids is 2. The molecule has 132 valence electrons. The average molecular weight is 382 g/mol. The maximum Gasteiger partial charge on any atom is 0.169 e. The summed E-state index contributed by atoms with van der Waals surface area (Å²) in [5.41, 5.74) is 3.55. The quantitative estimate of drug-likeness (QED) is 0.422. The molecule has 5 heteroatoms. The highest BCUT2D eigenvalue weighted by atomic mass is 32.2. The monoisotopic (exact) mass is 381 g/mol. The number of nitrogens with zero attached hydrogens (tertiary/aromatic N) is 1. The van der Waals surface area contributed by atoms with Gasteiger partial charge in [0.15, 0.2) is 5.78 Å². The maximum atomic E-state index is 12.5. The lowest BCUT2D eigenvalue weighted by Crippen LogP contribution is -2.04. The molecule has 2 aromatic carbocycles. The largest absolute Gasteiger partial charge is 0.300 e. The van der Waals surface area contributed by atoms with Crippen molar-refractivity contribution >= 4 is 34.7 Å². The van der Waals surface area contributed by atoms with Crippen molar-refractivity contribution in [2.24, 2.45) is 0 Å². The van der Waals surface area contributed by atoms with E-state index in [1.807, 2.05) is 23.8 Å². The lowest BCUT2D eigenvalue weighted by atomic mass is 10.0. The molecule has 0 aliphatic heterocycles. The van der Waals surface area contributed by atoms with Crippen LogP contribution in [0.25, 0.3) is 11.3 Å². The molecule has 0 fully saturated rings. The van der Waals surface area contributed by atoms with E-state index in [-0.39, 0.29) is 11.6 Å². The van der Waals surface area contributed by atoms with Gasteiger partial charge >= 0.3 is 0 Å². The first-order valence-corrected chi connectivity index (χ1v) is 10.4. The zero-order valence-electron chi connectivity index (χ0n) is 14.7. The standard InChI is InChI=1S/C21H19NO2S2/c1-14(23)11-15-3-5-17(6-4-15)20(24)12-21-22-19(13-26-21)16-7-9-18(25-2)10-8-16/h3-10,13H,11-12H2,1-2H3. The second kappa shape index (κ2) is 8.43. The first kappa shape index (κ1) is 18.5. The molecule has 0 aliphatic rings. The smallest absolute Gasteiger partial charge is 0.169 e. The van der Waals surface area contributed by atoms with Crippen LogP contribution in [0, 0.1) is 0 Å². The fourth-order valence-electron chi connectivity index (χ4n) is 2.62. The van der Waals surface area contributed by atoms with Gasteiger partial charge in [0.05, 0.1) is 12.1 Å². The number of hydrogen-bond donors (Lipinski definition) is 0. The van der Waals surface area contributed by atoms with Crippen molar-refractivity contribution in [3.63, 3.8) is 0 Å². The molecular formula is C21H19NO2S2. The van der Waals surface area contributed by atoms with Gasteiger partial charge in [0.25, 0.3) is 0 Å². The van der Waals surface area contributed by atoms with E-state index in [1.165, 1.54) is 16.2 Å². The van der Waals surface area contributed by atoms with Gasteiger partial charge < -0.3 is 0 Å². The molecule has 0 bridgehead atoms. The molecule has 3 rings (SSSR count). The molecule has 26 heavy (non-hydrogen) atoms. The molecule has 3 aromatic rings. The number of ketones is 2. The summed E-state index contributed by atoms with van der Waals surface area (Å²) in [5, 5.41) is 2.80. The van der Waals surface area contributed by atoms with Gasteiger partial charge in [-0.15, -0.1) is 23.1 Å². The molecule has 0 N–H and O–H groups in total. The molecule has 0 atom stereocenters. The first-order valence-electron chi connectivity index (χ1n) is 8.25. The Labute approximate surface area is 161 Å². The van der Waals surface area contributed by atoms with Gasteiger partial charge in [-0.25, -0.2) is 4.98 Å². The topological polar surface area (TPSA) is 47.0 Å². The molecule has 1 heterocycles. The van der Waals surface area contributed by atoms with Crippen LogP contribution in [-0.4, -0.2) is 22.8 Å². The number of Topliss-reactive ketones (excluding diaryl/α,β-unsaturated/α-hetero) is 2. The van der Waals surface area contributed by atoms with Crippen molar-refractivity contribution in [2.45, 2.75) is 24.7 Å². The van der Waals surface area contributed by atoms with Crippen LogP contribution >= 0.6 is 23.1 Å². The fraction of sp³-hybridized carbons (Fsp3) is 0.190. The summed E-state index contributed by atoms with van der Waals surface area (Å²) in [4.78, 5) is 29.4. The molecule has 0 radical (unpaired) electrons. The number of hydrogen-bond acceptors (Lipinski definition) is 5. The van der Waals surface area contributed by atoms with Gasteiger partial charge in [-0.2, -0.15) is 0 Å². The van der Waals surface area contributed by atoms with Crippen LogP contribution in [-0.2, 0) is 17.6 Å². The maximum absolute atomic E-state index is 12.5. The average Bonchev–Trinajstić information content (AvgIpc) is 3.10. The summed E-state index contributed by atoms with van der Waals surface area (Å²) in [6.45, 7) is 1.56. The highest BCUT2D eigenvalue weighted by Crippen LogP contribution is 2.25. The molecule has 1 aromatic heterocycles. The third-order valence-electron chi connectivity index (χ3n) is 3.98. The van der Waals surface area contributed by atoms with E-state index in [4.69, 9.17) is 0 Å². The van der Waals surface area contributed by atoms with E-state index in [9.17, 15) is 9.59 Å². The molecule has 0 amide bonds. The van der Waals surface area contributed by atoms with E-state index < -0.39 is 0 Å². The second-order valence-electron chi connectivity index (χ2n) is 6.03. The van der Waals surface area contributed by atoms with Crippen LogP contribution < -0.4 is 0 Å². The SMILES string of the molecule is CSc1ccc(-c2csc(CC(=O)c3ccc(CC(C)=O)cc3)n2)cc1. The highest BCUT2D eigenvalue weighted by Gasteiger charge is 2.11. The van der Waals surface area contributed by atoms with E-state index >= 15 is 0 Å². The predicted molar refractivity (Wildman–Crippen MR) is 108 cm³/mol. The summed E-state index contributed by atoms with van der Waals surface area (Å²) in [7, 11) is 0. The Balaban J connectivity index is 1.68. The molecule has 3 nitrogen and oxygen atoms in total. The zero-order chi connectivity index (χ0) is 18.5. The summed E-state index contributed by atoms with van der Waals surface area (Å²) in [6, 6.07) is 15.5. The first-order chi connectivity index (χ1) is 12.5. The Morgan fingerprint density at radius 3 is 2.31 bits per heavy atom. The lowest BCUT2D eigenvalue weighted by molar-refractivity contribution is -0.116. The molecule has 0 unspecified atom stereocenters. The van der Waals surface area contributed by atoms with Crippen molar-refractivity contribution in [3.8, 4) is 11.3 Å². The van der Waals surface area contributed by atoms with Crippen molar-refractivity contribution in [3.05, 3.63) is 70.0 Å². The molecule has 0 saturated heterocycles. The van der Waals surface area contributed by atoms with Gasteiger partial charge in [-0.05, 0) is 30.9 Å². The Morgan fingerprint density at radius 1 is 1.00 bits per heavy atom. The van der Waals surface area contributed by atoms with Gasteiger partial charge in [0.2, 0.25) is 0 Å². The summed E-state index contributed by atoms with van der Waals surface area (Å²) < 4.78 is 0. The Morgan fingerprint density at radius 2 is 1.69 bits per heavy atom. The lowest BCUT2D eigenvalue weighted by Gasteiger charge is -2.02. The predicted octanol–water partition coefficient (Wildman–Crippen LogP) is 5.09. The third-order valence-corrected chi connectivity index (χ3v) is 5.57. The van der Waals surface area contributed by atoms with E-state index in [0.717, 1.165) is 21.8 Å². The van der Waals surface area contributed by atoms with Crippen molar-refractivity contribution in [2.75, 3.05) is 6.26 Å². The Hall–Kier alpha value is -2.24. The van der Waals surface area contributed by atoms with Crippen molar-refractivity contribution in [1.82, 2.24) is 4.98 Å². The minimum atomic E-state index is 0.0398. The third kappa shape index (κ3) is 4.68. The summed E-state index contributed by atoms with van der Waals surface area (Å²) in [6.07, 6.45) is 2.74.